The Bertz CT molecular complexity index is 487. The molecule has 0 spiro atoms. The van der Waals surface area contributed by atoms with Gasteiger partial charge in [-0.1, -0.05) is 12.1 Å². The summed E-state index contributed by atoms with van der Waals surface area (Å²) in [5, 5.41) is 9.59. The molecule has 1 aromatic carbocycles. The van der Waals surface area contributed by atoms with E-state index in [1.807, 2.05) is 12.1 Å². The van der Waals surface area contributed by atoms with Crippen molar-refractivity contribution in [3.63, 3.8) is 0 Å². The van der Waals surface area contributed by atoms with Gasteiger partial charge in [0.05, 0.1) is 10.9 Å². The number of aliphatic carboxylic acids is 1. The minimum absolute atomic E-state index is 0.0166. The predicted octanol–water partition coefficient (Wildman–Crippen LogP) is 2.82. The average Bonchev–Trinajstić information content (AvgIpc) is 2.49. The molecule has 0 saturated carbocycles. The molecule has 2 aromatic rings. The van der Waals surface area contributed by atoms with Crippen LogP contribution in [-0.4, -0.2) is 11.1 Å². The smallest absolute Gasteiger partial charge is 0.307 e. The normalized spacial score (nSPS) is 10.6. The van der Waals surface area contributed by atoms with Crippen LogP contribution in [0.3, 0.4) is 0 Å². The molecule has 0 amide bonds. The van der Waals surface area contributed by atoms with Gasteiger partial charge in [-0.25, -0.2) is 0 Å². The number of rotatable bonds is 2. The van der Waals surface area contributed by atoms with E-state index < -0.39 is 5.97 Å². The SMILES string of the molecule is O=C(O)Cc1cccc2c(Br)coc12. The van der Waals surface area contributed by atoms with Crippen LogP contribution in [0.4, 0.5) is 0 Å². The molecular weight excluding hydrogens is 248 g/mol. The molecule has 0 aliphatic carbocycles. The zero-order valence-electron chi connectivity index (χ0n) is 7.16. The van der Waals surface area contributed by atoms with Gasteiger partial charge < -0.3 is 9.52 Å². The van der Waals surface area contributed by atoms with E-state index in [0.29, 0.717) is 11.1 Å². The van der Waals surface area contributed by atoms with E-state index in [4.69, 9.17) is 9.52 Å². The highest BCUT2D eigenvalue weighted by atomic mass is 79.9. The third kappa shape index (κ3) is 1.53. The van der Waals surface area contributed by atoms with Gasteiger partial charge in [0.1, 0.15) is 11.8 Å². The number of hydrogen-bond acceptors (Lipinski definition) is 2. The van der Waals surface area contributed by atoms with Gasteiger partial charge in [0.2, 0.25) is 0 Å². The zero-order chi connectivity index (χ0) is 10.1. The molecule has 0 bridgehead atoms. The first-order valence-electron chi connectivity index (χ1n) is 4.05. The lowest BCUT2D eigenvalue weighted by atomic mass is 10.1. The number of carbonyl (C=O) groups is 1. The van der Waals surface area contributed by atoms with Crippen LogP contribution < -0.4 is 0 Å². The van der Waals surface area contributed by atoms with E-state index in [1.165, 1.54) is 0 Å². The topological polar surface area (TPSA) is 50.4 Å². The van der Waals surface area contributed by atoms with E-state index in [-0.39, 0.29) is 6.42 Å². The Balaban J connectivity index is 2.59. The van der Waals surface area contributed by atoms with Crippen LogP contribution in [0.5, 0.6) is 0 Å². The van der Waals surface area contributed by atoms with Crippen molar-refractivity contribution >= 4 is 32.9 Å². The van der Waals surface area contributed by atoms with Crippen molar-refractivity contribution in [3.8, 4) is 0 Å². The summed E-state index contributed by atoms with van der Waals surface area (Å²) in [5.41, 5.74) is 1.34. The van der Waals surface area contributed by atoms with Crippen molar-refractivity contribution in [2.45, 2.75) is 6.42 Å². The van der Waals surface area contributed by atoms with Gasteiger partial charge in [0.15, 0.2) is 0 Å². The van der Waals surface area contributed by atoms with Gasteiger partial charge in [-0.15, -0.1) is 0 Å². The van der Waals surface area contributed by atoms with Gasteiger partial charge in [-0.3, -0.25) is 4.79 Å². The molecule has 0 aliphatic rings. The van der Waals surface area contributed by atoms with Crippen LogP contribution in [0.15, 0.2) is 33.4 Å². The number of carboxylic acid groups (broad SMARTS) is 1. The minimum Gasteiger partial charge on any atom is -0.481 e. The third-order valence-corrected chi connectivity index (χ3v) is 2.59. The first kappa shape index (κ1) is 9.27. The lowest BCUT2D eigenvalue weighted by molar-refractivity contribution is -0.136. The molecule has 3 nitrogen and oxygen atoms in total. The Hall–Kier alpha value is -1.29. The van der Waals surface area contributed by atoms with Crippen LogP contribution in [0.2, 0.25) is 0 Å². The highest BCUT2D eigenvalue weighted by Gasteiger charge is 2.10. The number of hydrogen-bond donors (Lipinski definition) is 1. The Morgan fingerprint density at radius 3 is 3.00 bits per heavy atom. The van der Waals surface area contributed by atoms with Crippen LogP contribution in [-0.2, 0) is 11.2 Å². The maximum absolute atomic E-state index is 10.6. The van der Waals surface area contributed by atoms with Crippen molar-refractivity contribution in [1.29, 1.82) is 0 Å². The van der Waals surface area contributed by atoms with Crippen molar-refractivity contribution in [3.05, 3.63) is 34.5 Å². The monoisotopic (exact) mass is 254 g/mol. The highest BCUT2D eigenvalue weighted by Crippen LogP contribution is 2.28. The lowest BCUT2D eigenvalue weighted by Crippen LogP contribution is -1.99. The number of halogens is 1. The van der Waals surface area contributed by atoms with Crippen LogP contribution in [0.25, 0.3) is 11.0 Å². The summed E-state index contributed by atoms with van der Waals surface area (Å²) in [6, 6.07) is 5.46. The van der Waals surface area contributed by atoms with E-state index in [9.17, 15) is 4.79 Å². The van der Waals surface area contributed by atoms with Gasteiger partial charge >= 0.3 is 5.97 Å². The Kier molecular flexibility index (Phi) is 2.29. The Morgan fingerprint density at radius 2 is 2.29 bits per heavy atom. The van der Waals surface area contributed by atoms with E-state index in [2.05, 4.69) is 15.9 Å². The molecule has 0 unspecified atom stereocenters. The van der Waals surface area contributed by atoms with Crippen molar-refractivity contribution in [2.24, 2.45) is 0 Å². The van der Waals surface area contributed by atoms with Gasteiger partial charge in [-0.2, -0.15) is 0 Å². The summed E-state index contributed by atoms with van der Waals surface area (Å²) in [7, 11) is 0. The fourth-order valence-electron chi connectivity index (χ4n) is 1.39. The molecule has 1 aromatic heterocycles. The fraction of sp³-hybridized carbons (Fsp3) is 0.100. The number of furan rings is 1. The van der Waals surface area contributed by atoms with E-state index in [0.717, 1.165) is 9.86 Å². The lowest BCUT2D eigenvalue weighted by Gasteiger charge is -1.97. The standard InChI is InChI=1S/C10H7BrO3/c11-8-5-14-10-6(4-9(12)13)2-1-3-7(8)10/h1-3,5H,4H2,(H,12,13). The maximum atomic E-state index is 10.6. The largest absolute Gasteiger partial charge is 0.481 e. The molecule has 0 saturated heterocycles. The zero-order valence-corrected chi connectivity index (χ0v) is 8.74. The number of benzene rings is 1. The highest BCUT2D eigenvalue weighted by molar-refractivity contribution is 9.10. The number of fused-ring (bicyclic) bond motifs is 1. The molecule has 0 radical (unpaired) electrons. The van der Waals surface area contributed by atoms with Gasteiger partial charge in [-0.05, 0) is 22.0 Å². The van der Waals surface area contributed by atoms with Gasteiger partial charge in [0.25, 0.3) is 0 Å². The molecule has 0 aliphatic heterocycles. The van der Waals surface area contributed by atoms with Crippen LogP contribution in [0, 0.1) is 0 Å². The minimum atomic E-state index is -0.856. The molecule has 72 valence electrons. The number of para-hydroxylation sites is 1. The molecule has 2 rings (SSSR count). The summed E-state index contributed by atoms with van der Waals surface area (Å²) in [5.74, 6) is -0.856. The molecule has 0 fully saturated rings. The summed E-state index contributed by atoms with van der Waals surface area (Å²) >= 11 is 3.33. The quantitative estimate of drug-likeness (QED) is 0.897. The van der Waals surface area contributed by atoms with Crippen LogP contribution >= 0.6 is 15.9 Å². The summed E-state index contributed by atoms with van der Waals surface area (Å²) in [6.45, 7) is 0. The van der Waals surface area contributed by atoms with Crippen molar-refractivity contribution in [2.75, 3.05) is 0 Å². The predicted molar refractivity (Wildman–Crippen MR) is 55.3 cm³/mol. The Labute approximate surface area is 88.5 Å². The molecule has 1 N–H and O–H groups in total. The summed E-state index contributed by atoms with van der Waals surface area (Å²) in [4.78, 5) is 10.6. The Morgan fingerprint density at radius 1 is 1.50 bits per heavy atom. The number of carboxylic acids is 1. The molecule has 1 heterocycles. The molecule has 4 heteroatoms. The van der Waals surface area contributed by atoms with E-state index in [1.54, 1.807) is 12.3 Å². The molecule has 0 atom stereocenters. The van der Waals surface area contributed by atoms with Crippen LogP contribution in [0.1, 0.15) is 5.56 Å². The maximum Gasteiger partial charge on any atom is 0.307 e. The van der Waals surface area contributed by atoms with Crippen molar-refractivity contribution in [1.82, 2.24) is 0 Å². The second-order valence-electron chi connectivity index (χ2n) is 2.95. The second kappa shape index (κ2) is 3.46. The van der Waals surface area contributed by atoms with Crippen molar-refractivity contribution < 1.29 is 14.3 Å². The van der Waals surface area contributed by atoms with Gasteiger partial charge in [0, 0.05) is 10.9 Å². The average molecular weight is 255 g/mol. The summed E-state index contributed by atoms with van der Waals surface area (Å²) < 4.78 is 6.12. The fourth-order valence-corrected chi connectivity index (χ4v) is 1.79. The first-order chi connectivity index (χ1) is 6.68. The first-order valence-corrected chi connectivity index (χ1v) is 4.84. The molecular formula is C10H7BrO3. The third-order valence-electron chi connectivity index (χ3n) is 1.98. The summed E-state index contributed by atoms with van der Waals surface area (Å²) in [6.07, 6.45) is 1.55. The second-order valence-corrected chi connectivity index (χ2v) is 3.80. The molecule has 14 heavy (non-hydrogen) atoms. The van der Waals surface area contributed by atoms with E-state index >= 15 is 0 Å².